The number of carbonyl (C=O) groups is 1. The van der Waals surface area contributed by atoms with E-state index in [2.05, 4.69) is 15.5 Å². The summed E-state index contributed by atoms with van der Waals surface area (Å²) in [6, 6.07) is 9.21. The molecular weight excluding hydrogens is 497 g/mol. The molecule has 0 aromatic heterocycles. The molecule has 12 heteroatoms. The zero-order valence-corrected chi connectivity index (χ0v) is 20.4. The van der Waals surface area contributed by atoms with Crippen LogP contribution in [0.2, 0.25) is 0 Å². The van der Waals surface area contributed by atoms with Gasteiger partial charge in [-0.3, -0.25) is 4.90 Å². The number of morpholine rings is 1. The Balaban J connectivity index is 1.33. The van der Waals surface area contributed by atoms with E-state index in [1.165, 1.54) is 24.3 Å². The lowest BCUT2D eigenvalue weighted by Gasteiger charge is -2.30. The Hall–Kier alpha value is -2.67. The van der Waals surface area contributed by atoms with Gasteiger partial charge >= 0.3 is 12.2 Å². The van der Waals surface area contributed by atoms with Crippen molar-refractivity contribution < 1.29 is 31.1 Å². The van der Waals surface area contributed by atoms with Crippen molar-refractivity contribution in [1.82, 2.24) is 9.21 Å². The van der Waals surface area contributed by atoms with Crippen molar-refractivity contribution in [2.45, 2.75) is 36.4 Å². The van der Waals surface area contributed by atoms with Gasteiger partial charge in [0.05, 0.1) is 23.7 Å². The number of halogens is 3. The van der Waals surface area contributed by atoms with Crippen LogP contribution in [0.5, 0.6) is 0 Å². The molecule has 2 heterocycles. The molecule has 8 nitrogen and oxygen atoms in total. The van der Waals surface area contributed by atoms with E-state index in [1.54, 1.807) is 4.31 Å². The Labute approximate surface area is 208 Å². The van der Waals surface area contributed by atoms with E-state index in [0.29, 0.717) is 25.4 Å². The number of benzene rings is 2. The third-order valence-electron chi connectivity index (χ3n) is 6.39. The molecule has 2 amide bonds. The van der Waals surface area contributed by atoms with Crippen molar-refractivity contribution in [1.29, 1.82) is 0 Å². The number of carbonyl (C=O) groups excluding carboxylic acids is 1. The standard InChI is InChI=1S/C24H29F3N4O4S/c25-24(26,27)18-3-5-19(6-4-18)28-23(32)29-20-7-9-22(10-8-20)36(33,34)31-12-1-2-21(31)11-13-30-14-16-35-17-15-30/h3-10,21H,1-2,11-17H2,(H2,28,29,32)/t21-/m0/s1. The normalized spacial score (nSPS) is 19.8. The first-order valence-electron chi connectivity index (χ1n) is 11.8. The minimum absolute atomic E-state index is 0.0508. The van der Waals surface area contributed by atoms with Crippen LogP contribution in [-0.4, -0.2) is 69.1 Å². The lowest BCUT2D eigenvalue weighted by Crippen LogP contribution is -2.41. The van der Waals surface area contributed by atoms with E-state index in [0.717, 1.165) is 63.2 Å². The van der Waals surface area contributed by atoms with Crippen LogP contribution in [0.3, 0.4) is 0 Å². The number of hydrogen-bond donors (Lipinski definition) is 2. The summed E-state index contributed by atoms with van der Waals surface area (Å²) in [5.41, 5.74) is -0.271. The third kappa shape index (κ3) is 6.55. The highest BCUT2D eigenvalue weighted by Crippen LogP contribution is 2.30. The molecule has 0 spiro atoms. The predicted molar refractivity (Wildman–Crippen MR) is 129 cm³/mol. The fourth-order valence-corrected chi connectivity index (χ4v) is 6.18. The molecule has 0 saturated carbocycles. The smallest absolute Gasteiger partial charge is 0.379 e. The van der Waals surface area contributed by atoms with Gasteiger partial charge in [0, 0.05) is 37.1 Å². The summed E-state index contributed by atoms with van der Waals surface area (Å²) >= 11 is 0. The van der Waals surface area contributed by atoms with Crippen LogP contribution < -0.4 is 10.6 Å². The van der Waals surface area contributed by atoms with Gasteiger partial charge in [-0.1, -0.05) is 0 Å². The molecule has 196 valence electrons. The fourth-order valence-electron chi connectivity index (χ4n) is 4.45. The molecule has 2 aromatic carbocycles. The molecule has 2 aromatic rings. The summed E-state index contributed by atoms with van der Waals surface area (Å²) < 4.78 is 71.5. The van der Waals surface area contributed by atoms with Crippen molar-refractivity contribution >= 4 is 27.4 Å². The van der Waals surface area contributed by atoms with Crippen LogP contribution in [-0.2, 0) is 20.9 Å². The number of nitrogens with zero attached hydrogens (tertiary/aromatic N) is 2. The largest absolute Gasteiger partial charge is 0.416 e. The topological polar surface area (TPSA) is 91.0 Å². The number of urea groups is 1. The molecule has 2 saturated heterocycles. The Bertz CT molecular complexity index is 1140. The van der Waals surface area contributed by atoms with Crippen LogP contribution in [0.15, 0.2) is 53.4 Å². The Kier molecular flexibility index (Phi) is 8.18. The lowest BCUT2D eigenvalue weighted by molar-refractivity contribution is -0.137. The van der Waals surface area contributed by atoms with Crippen LogP contribution in [0, 0.1) is 0 Å². The highest BCUT2D eigenvalue weighted by molar-refractivity contribution is 7.89. The van der Waals surface area contributed by atoms with Gasteiger partial charge in [0.15, 0.2) is 0 Å². The highest BCUT2D eigenvalue weighted by atomic mass is 32.2. The van der Waals surface area contributed by atoms with E-state index in [-0.39, 0.29) is 16.6 Å². The van der Waals surface area contributed by atoms with E-state index < -0.39 is 27.8 Å². The van der Waals surface area contributed by atoms with Crippen LogP contribution >= 0.6 is 0 Å². The van der Waals surface area contributed by atoms with Crippen LogP contribution in [0.4, 0.5) is 29.3 Å². The third-order valence-corrected chi connectivity index (χ3v) is 8.36. The minimum Gasteiger partial charge on any atom is -0.379 e. The van der Waals surface area contributed by atoms with Gasteiger partial charge in [0.2, 0.25) is 10.0 Å². The predicted octanol–water partition coefficient (Wildman–Crippen LogP) is 4.22. The molecular formula is C24H29F3N4O4S. The second kappa shape index (κ2) is 11.2. The van der Waals surface area contributed by atoms with Gasteiger partial charge in [-0.15, -0.1) is 0 Å². The monoisotopic (exact) mass is 526 g/mol. The Morgan fingerprint density at radius 1 is 0.944 bits per heavy atom. The number of amides is 2. The average molecular weight is 527 g/mol. The van der Waals surface area contributed by atoms with Crippen LogP contribution in [0.1, 0.15) is 24.8 Å². The van der Waals surface area contributed by atoms with E-state index >= 15 is 0 Å². The zero-order valence-electron chi connectivity index (χ0n) is 19.6. The number of sulfonamides is 1. The highest BCUT2D eigenvalue weighted by Gasteiger charge is 2.35. The summed E-state index contributed by atoms with van der Waals surface area (Å²) in [6.07, 6.45) is -2.05. The van der Waals surface area contributed by atoms with Crippen molar-refractivity contribution in [3.63, 3.8) is 0 Å². The molecule has 36 heavy (non-hydrogen) atoms. The minimum atomic E-state index is -4.46. The number of nitrogens with one attached hydrogen (secondary N) is 2. The Morgan fingerprint density at radius 2 is 1.53 bits per heavy atom. The molecule has 4 rings (SSSR count). The maximum Gasteiger partial charge on any atom is 0.416 e. The summed E-state index contributed by atoms with van der Waals surface area (Å²) in [6.45, 7) is 4.44. The second-order valence-corrected chi connectivity index (χ2v) is 10.7. The number of ether oxygens (including phenoxy) is 1. The first kappa shape index (κ1) is 26.4. The number of rotatable bonds is 7. The van der Waals surface area contributed by atoms with Crippen molar-refractivity contribution in [2.24, 2.45) is 0 Å². The van der Waals surface area contributed by atoms with E-state index in [4.69, 9.17) is 4.74 Å². The number of anilines is 2. The van der Waals surface area contributed by atoms with Crippen molar-refractivity contribution in [3.05, 3.63) is 54.1 Å². The van der Waals surface area contributed by atoms with E-state index in [1.807, 2.05) is 0 Å². The maximum atomic E-state index is 13.3. The molecule has 2 fully saturated rings. The Morgan fingerprint density at radius 3 is 2.11 bits per heavy atom. The van der Waals surface area contributed by atoms with Gasteiger partial charge < -0.3 is 15.4 Å². The number of alkyl halides is 3. The fraction of sp³-hybridized carbons (Fsp3) is 0.458. The molecule has 2 N–H and O–H groups in total. The molecule has 0 aliphatic carbocycles. The summed E-state index contributed by atoms with van der Waals surface area (Å²) in [4.78, 5) is 14.7. The molecule has 1 atom stereocenters. The van der Waals surface area contributed by atoms with Gasteiger partial charge in [-0.2, -0.15) is 17.5 Å². The first-order valence-corrected chi connectivity index (χ1v) is 13.2. The second-order valence-electron chi connectivity index (χ2n) is 8.83. The lowest BCUT2D eigenvalue weighted by atomic mass is 10.1. The molecule has 2 aliphatic rings. The van der Waals surface area contributed by atoms with Crippen molar-refractivity contribution in [3.8, 4) is 0 Å². The molecule has 0 unspecified atom stereocenters. The van der Waals surface area contributed by atoms with Crippen LogP contribution in [0.25, 0.3) is 0 Å². The number of hydrogen-bond acceptors (Lipinski definition) is 5. The van der Waals surface area contributed by atoms with Gasteiger partial charge in [0.1, 0.15) is 0 Å². The van der Waals surface area contributed by atoms with Crippen molar-refractivity contribution in [2.75, 3.05) is 50.0 Å². The average Bonchev–Trinajstić information content (AvgIpc) is 3.33. The van der Waals surface area contributed by atoms with Gasteiger partial charge in [-0.05, 0) is 74.3 Å². The van der Waals surface area contributed by atoms with Gasteiger partial charge in [0.25, 0.3) is 0 Å². The van der Waals surface area contributed by atoms with Gasteiger partial charge in [-0.25, -0.2) is 13.2 Å². The maximum absolute atomic E-state index is 13.3. The summed E-state index contributed by atoms with van der Waals surface area (Å²) in [5.74, 6) is 0. The quantitative estimate of drug-likeness (QED) is 0.564. The van der Waals surface area contributed by atoms with E-state index in [9.17, 15) is 26.4 Å². The summed E-state index contributed by atoms with van der Waals surface area (Å²) in [7, 11) is -3.68. The summed E-state index contributed by atoms with van der Waals surface area (Å²) in [5, 5.41) is 5.00. The SMILES string of the molecule is O=C(Nc1ccc(C(F)(F)F)cc1)Nc1ccc(S(=O)(=O)N2CCC[C@H]2CCN2CCOCC2)cc1. The first-order chi connectivity index (χ1) is 17.1. The molecule has 0 radical (unpaired) electrons. The molecule has 2 aliphatic heterocycles. The zero-order chi connectivity index (χ0) is 25.8. The molecule has 0 bridgehead atoms.